The Morgan fingerprint density at radius 2 is 1.73 bits per heavy atom. The molecule has 2 aromatic carbocycles. The van der Waals surface area contributed by atoms with Gasteiger partial charge in [0, 0.05) is 18.9 Å². The predicted molar refractivity (Wildman–Crippen MR) is 98.5 cm³/mol. The number of aromatic nitrogens is 1. The summed E-state index contributed by atoms with van der Waals surface area (Å²) in [6.45, 7) is 2.48. The predicted octanol–water partition coefficient (Wildman–Crippen LogP) is 6.61. The van der Waals surface area contributed by atoms with Gasteiger partial charge in [-0.2, -0.15) is 26.3 Å². The fraction of sp³-hybridized carbons (Fsp3) is 0.250. The van der Waals surface area contributed by atoms with Crippen LogP contribution in [0, 0.1) is 6.92 Å². The summed E-state index contributed by atoms with van der Waals surface area (Å²) in [6, 6.07) is 6.39. The van der Waals surface area contributed by atoms with Gasteiger partial charge in [-0.05, 0) is 36.8 Å². The van der Waals surface area contributed by atoms with Crippen LogP contribution in [0.3, 0.4) is 0 Å². The number of fused-ring (bicyclic) bond motifs is 1. The van der Waals surface area contributed by atoms with Crippen molar-refractivity contribution in [3.05, 3.63) is 63.8 Å². The van der Waals surface area contributed by atoms with Gasteiger partial charge in [0.15, 0.2) is 5.75 Å². The lowest BCUT2D eigenvalue weighted by molar-refractivity contribution is -0.138. The van der Waals surface area contributed by atoms with Gasteiger partial charge >= 0.3 is 18.3 Å². The van der Waals surface area contributed by atoms with Crippen LogP contribution in [0.1, 0.15) is 29.3 Å². The SMILES string of the molecule is CC(=O)Oc1c(C)n(Cc2cccc(C(F)(F)F)c2)c2cc(Cl)c(C(F)(F)F)cc12. The Bertz CT molecular complexity index is 1130. The number of carbonyl (C=O) groups excluding carboxylic acids is 1. The molecule has 160 valence electrons. The van der Waals surface area contributed by atoms with Crippen LogP contribution in [0.25, 0.3) is 10.9 Å². The molecule has 0 aliphatic carbocycles. The molecule has 10 heteroatoms. The highest BCUT2D eigenvalue weighted by Crippen LogP contribution is 2.42. The molecule has 0 saturated heterocycles. The Labute approximate surface area is 171 Å². The van der Waals surface area contributed by atoms with Crippen molar-refractivity contribution in [2.45, 2.75) is 32.7 Å². The van der Waals surface area contributed by atoms with E-state index >= 15 is 0 Å². The molecule has 0 radical (unpaired) electrons. The summed E-state index contributed by atoms with van der Waals surface area (Å²) in [6.07, 6.45) is -9.28. The molecule has 0 spiro atoms. The third-order valence-corrected chi connectivity index (χ3v) is 4.81. The first kappa shape index (κ1) is 22.0. The van der Waals surface area contributed by atoms with Gasteiger partial charge in [-0.25, -0.2) is 0 Å². The average molecular weight is 450 g/mol. The number of halogens is 7. The lowest BCUT2D eigenvalue weighted by Gasteiger charge is -2.13. The molecule has 0 atom stereocenters. The van der Waals surface area contributed by atoms with Gasteiger partial charge in [-0.15, -0.1) is 0 Å². The highest BCUT2D eigenvalue weighted by Gasteiger charge is 2.35. The number of hydrogen-bond acceptors (Lipinski definition) is 2. The second-order valence-corrected chi connectivity index (χ2v) is 7.05. The molecule has 3 rings (SSSR count). The molecular formula is C20H14ClF6NO2. The maximum absolute atomic E-state index is 13.3. The second kappa shape index (κ2) is 7.54. The van der Waals surface area contributed by atoms with Crippen molar-refractivity contribution in [3.63, 3.8) is 0 Å². The van der Waals surface area contributed by atoms with Gasteiger partial charge in [-0.1, -0.05) is 23.7 Å². The van der Waals surface area contributed by atoms with Crippen LogP contribution >= 0.6 is 11.6 Å². The molecule has 3 aromatic rings. The summed E-state index contributed by atoms with van der Waals surface area (Å²) in [5.41, 5.74) is -1.24. The van der Waals surface area contributed by atoms with E-state index in [0.717, 1.165) is 31.2 Å². The minimum absolute atomic E-state index is 0.0219. The van der Waals surface area contributed by atoms with E-state index in [-0.39, 0.29) is 34.5 Å². The topological polar surface area (TPSA) is 31.2 Å². The number of ether oxygens (including phenoxy) is 1. The van der Waals surface area contributed by atoms with Crippen LogP contribution < -0.4 is 4.74 Å². The van der Waals surface area contributed by atoms with E-state index in [2.05, 4.69) is 0 Å². The lowest BCUT2D eigenvalue weighted by Crippen LogP contribution is -2.08. The number of benzene rings is 2. The zero-order chi connectivity index (χ0) is 22.4. The quantitative estimate of drug-likeness (QED) is 0.332. The minimum atomic E-state index is -4.74. The first-order valence-corrected chi connectivity index (χ1v) is 8.91. The summed E-state index contributed by atoms with van der Waals surface area (Å²) in [5.74, 6) is -0.855. The van der Waals surface area contributed by atoms with Gasteiger partial charge in [0.05, 0.1) is 27.4 Å². The molecule has 1 aromatic heterocycles. The van der Waals surface area contributed by atoms with Crippen LogP contribution in [0.5, 0.6) is 5.75 Å². The Kier molecular flexibility index (Phi) is 5.53. The van der Waals surface area contributed by atoms with E-state index in [1.165, 1.54) is 23.6 Å². The highest BCUT2D eigenvalue weighted by molar-refractivity contribution is 6.32. The number of hydrogen-bond donors (Lipinski definition) is 0. The van der Waals surface area contributed by atoms with Crippen LogP contribution in [-0.4, -0.2) is 10.5 Å². The van der Waals surface area contributed by atoms with E-state index < -0.39 is 34.5 Å². The van der Waals surface area contributed by atoms with Crippen molar-refractivity contribution >= 4 is 28.5 Å². The Morgan fingerprint density at radius 1 is 1.07 bits per heavy atom. The standard InChI is InChI=1S/C20H14ClF6NO2/c1-10-18(30-11(2)29)14-7-15(20(25,26)27)16(21)8-17(14)28(10)9-12-4-3-5-13(6-12)19(22,23)24/h3-8H,9H2,1-2H3. The molecule has 30 heavy (non-hydrogen) atoms. The fourth-order valence-corrected chi connectivity index (χ4v) is 3.45. The van der Waals surface area contributed by atoms with E-state index in [4.69, 9.17) is 16.3 Å². The van der Waals surface area contributed by atoms with Crippen molar-refractivity contribution in [2.75, 3.05) is 0 Å². The third kappa shape index (κ3) is 4.26. The smallest absolute Gasteiger partial charge is 0.417 e. The van der Waals surface area contributed by atoms with Crippen molar-refractivity contribution < 1.29 is 35.9 Å². The van der Waals surface area contributed by atoms with Crippen molar-refractivity contribution in [1.82, 2.24) is 4.57 Å². The normalized spacial score (nSPS) is 12.4. The molecule has 0 aliphatic heterocycles. The second-order valence-electron chi connectivity index (χ2n) is 6.64. The van der Waals surface area contributed by atoms with Gasteiger partial charge in [0.25, 0.3) is 0 Å². The van der Waals surface area contributed by atoms with E-state index in [9.17, 15) is 31.1 Å². The van der Waals surface area contributed by atoms with Crippen LogP contribution in [0.15, 0.2) is 36.4 Å². The Morgan fingerprint density at radius 3 is 2.30 bits per heavy atom. The zero-order valence-corrected chi connectivity index (χ0v) is 16.3. The van der Waals surface area contributed by atoms with Crippen molar-refractivity contribution in [1.29, 1.82) is 0 Å². The summed E-state index contributed by atoms with van der Waals surface area (Å²) >= 11 is 5.83. The number of nitrogens with zero attached hydrogens (tertiary/aromatic N) is 1. The molecule has 0 fully saturated rings. The third-order valence-electron chi connectivity index (χ3n) is 4.50. The Hall–Kier alpha value is -2.68. The first-order valence-electron chi connectivity index (χ1n) is 8.53. The summed E-state index contributed by atoms with van der Waals surface area (Å²) < 4.78 is 85.4. The largest absolute Gasteiger partial charge is 0.424 e. The summed E-state index contributed by atoms with van der Waals surface area (Å²) in [4.78, 5) is 11.5. The van der Waals surface area contributed by atoms with Crippen LogP contribution in [-0.2, 0) is 23.7 Å². The van der Waals surface area contributed by atoms with Crippen molar-refractivity contribution in [3.8, 4) is 5.75 Å². The van der Waals surface area contributed by atoms with Gasteiger partial charge in [0.1, 0.15) is 0 Å². The molecule has 0 aliphatic rings. The monoisotopic (exact) mass is 449 g/mol. The number of rotatable bonds is 3. The minimum Gasteiger partial charge on any atom is -0.424 e. The number of esters is 1. The van der Waals surface area contributed by atoms with Gasteiger partial charge in [0.2, 0.25) is 0 Å². The van der Waals surface area contributed by atoms with Gasteiger partial charge < -0.3 is 9.30 Å². The number of carbonyl (C=O) groups is 1. The molecule has 3 nitrogen and oxygen atoms in total. The molecule has 0 N–H and O–H groups in total. The zero-order valence-electron chi connectivity index (χ0n) is 15.6. The molecule has 1 heterocycles. The first-order chi connectivity index (χ1) is 13.8. The van der Waals surface area contributed by atoms with E-state index in [1.807, 2.05) is 0 Å². The van der Waals surface area contributed by atoms with E-state index in [0.29, 0.717) is 0 Å². The van der Waals surface area contributed by atoms with Gasteiger partial charge in [-0.3, -0.25) is 4.79 Å². The van der Waals surface area contributed by atoms with Crippen molar-refractivity contribution in [2.24, 2.45) is 0 Å². The molecule has 0 saturated carbocycles. The van der Waals surface area contributed by atoms with Crippen LogP contribution in [0.4, 0.5) is 26.3 Å². The Balaban J connectivity index is 2.21. The molecule has 0 unspecified atom stereocenters. The number of alkyl halides is 6. The summed E-state index contributed by atoms with van der Waals surface area (Å²) in [5, 5.41) is -0.599. The summed E-state index contributed by atoms with van der Waals surface area (Å²) in [7, 11) is 0. The van der Waals surface area contributed by atoms with E-state index in [1.54, 1.807) is 0 Å². The highest BCUT2D eigenvalue weighted by atomic mass is 35.5. The average Bonchev–Trinajstić information content (AvgIpc) is 2.84. The maximum atomic E-state index is 13.3. The molecular weight excluding hydrogens is 436 g/mol. The lowest BCUT2D eigenvalue weighted by atomic mass is 10.1. The van der Waals surface area contributed by atoms with Crippen LogP contribution in [0.2, 0.25) is 5.02 Å². The maximum Gasteiger partial charge on any atom is 0.417 e. The molecule has 0 amide bonds. The fourth-order valence-electron chi connectivity index (χ4n) is 3.19. The molecule has 0 bridgehead atoms.